The quantitative estimate of drug-likeness (QED) is 0.756. The Kier molecular flexibility index (Phi) is 2.71. The molecule has 0 unspecified atom stereocenters. The van der Waals surface area contributed by atoms with E-state index in [4.69, 9.17) is 0 Å². The molecular formula is C15H17NO3. The first-order valence-electron chi connectivity index (χ1n) is 6.59. The zero-order valence-electron chi connectivity index (χ0n) is 11.1. The van der Waals surface area contributed by atoms with Gasteiger partial charge in [-0.1, -0.05) is 6.07 Å². The van der Waals surface area contributed by atoms with E-state index in [2.05, 4.69) is 0 Å². The van der Waals surface area contributed by atoms with Crippen LogP contribution in [-0.4, -0.2) is 40.4 Å². The van der Waals surface area contributed by atoms with E-state index in [9.17, 15) is 14.7 Å². The summed E-state index contributed by atoms with van der Waals surface area (Å²) in [6.07, 6.45) is 0.0815. The van der Waals surface area contributed by atoms with Crippen LogP contribution in [0.3, 0.4) is 0 Å². The topological polar surface area (TPSA) is 57.6 Å². The molecule has 3 rings (SSSR count). The Morgan fingerprint density at radius 2 is 1.89 bits per heavy atom. The van der Waals surface area contributed by atoms with Crippen LogP contribution in [0.4, 0.5) is 0 Å². The van der Waals surface area contributed by atoms with Gasteiger partial charge in [-0.2, -0.15) is 0 Å². The van der Waals surface area contributed by atoms with Gasteiger partial charge < -0.3 is 10.0 Å². The summed E-state index contributed by atoms with van der Waals surface area (Å²) in [5.41, 5.74) is 3.59. The number of aryl methyl sites for hydroxylation is 2. The van der Waals surface area contributed by atoms with Gasteiger partial charge in [0.1, 0.15) is 0 Å². The fraction of sp³-hybridized carbons (Fsp3) is 0.467. The molecule has 1 aromatic carbocycles. The van der Waals surface area contributed by atoms with Crippen molar-refractivity contribution in [1.82, 2.24) is 4.90 Å². The third-order valence-electron chi connectivity index (χ3n) is 4.23. The summed E-state index contributed by atoms with van der Waals surface area (Å²) < 4.78 is 0. The molecule has 100 valence electrons. The average molecular weight is 259 g/mol. The van der Waals surface area contributed by atoms with Gasteiger partial charge in [-0.15, -0.1) is 0 Å². The Labute approximate surface area is 112 Å². The molecule has 0 bridgehead atoms. The molecule has 4 heteroatoms. The van der Waals surface area contributed by atoms with Crippen LogP contribution >= 0.6 is 0 Å². The van der Waals surface area contributed by atoms with Crippen LogP contribution in [0.25, 0.3) is 0 Å². The van der Waals surface area contributed by atoms with E-state index in [-0.39, 0.29) is 24.7 Å². The van der Waals surface area contributed by atoms with Crippen molar-refractivity contribution in [3.63, 3.8) is 0 Å². The Hall–Kier alpha value is -1.68. The number of hydrogen-bond donors (Lipinski definition) is 1. The third kappa shape index (κ3) is 1.87. The highest BCUT2D eigenvalue weighted by molar-refractivity contribution is 6.03. The van der Waals surface area contributed by atoms with E-state index in [0.717, 1.165) is 16.7 Å². The Balaban J connectivity index is 2.11. The summed E-state index contributed by atoms with van der Waals surface area (Å²) in [5, 5.41) is 9.69. The number of ketones is 1. The van der Waals surface area contributed by atoms with E-state index in [1.807, 2.05) is 26.0 Å². The minimum absolute atomic E-state index is 0.0342. The highest BCUT2D eigenvalue weighted by Gasteiger charge is 2.41. The molecule has 4 nitrogen and oxygen atoms in total. The largest absolute Gasteiger partial charge is 0.391 e. The molecule has 0 radical (unpaired) electrons. The molecule has 2 aliphatic rings. The Morgan fingerprint density at radius 1 is 1.21 bits per heavy atom. The van der Waals surface area contributed by atoms with Gasteiger partial charge in [-0.05, 0) is 36.6 Å². The number of aliphatic hydroxyl groups is 1. The van der Waals surface area contributed by atoms with E-state index in [0.29, 0.717) is 12.0 Å². The number of Topliss-reactive ketones (excluding diaryl/α,β-unsaturated/α-hetero) is 1. The van der Waals surface area contributed by atoms with Crippen LogP contribution < -0.4 is 0 Å². The van der Waals surface area contributed by atoms with Crippen molar-refractivity contribution < 1.29 is 14.7 Å². The highest BCUT2D eigenvalue weighted by Crippen LogP contribution is 2.29. The van der Waals surface area contributed by atoms with Gasteiger partial charge in [0.25, 0.3) is 5.91 Å². The second-order valence-electron chi connectivity index (χ2n) is 5.60. The fourth-order valence-corrected chi connectivity index (χ4v) is 3.03. The lowest BCUT2D eigenvalue weighted by Crippen LogP contribution is -2.39. The number of hydrogen-bond acceptors (Lipinski definition) is 3. The van der Waals surface area contributed by atoms with Gasteiger partial charge in [-0.25, -0.2) is 0 Å². The maximum Gasteiger partial charge on any atom is 0.254 e. The van der Waals surface area contributed by atoms with Crippen LogP contribution in [0, 0.1) is 13.8 Å². The Morgan fingerprint density at radius 3 is 2.63 bits per heavy atom. The van der Waals surface area contributed by atoms with Crippen molar-refractivity contribution in [2.24, 2.45) is 0 Å². The van der Waals surface area contributed by atoms with Gasteiger partial charge in [0.05, 0.1) is 12.1 Å². The summed E-state index contributed by atoms with van der Waals surface area (Å²) in [6, 6.07) is 3.36. The molecule has 1 N–H and O–H groups in total. The predicted molar refractivity (Wildman–Crippen MR) is 70.1 cm³/mol. The molecular weight excluding hydrogens is 242 g/mol. The summed E-state index contributed by atoms with van der Waals surface area (Å²) in [6.45, 7) is 4.22. The number of fused-ring (bicyclic) bond motifs is 2. The monoisotopic (exact) mass is 259 g/mol. The van der Waals surface area contributed by atoms with E-state index < -0.39 is 12.1 Å². The minimum Gasteiger partial charge on any atom is -0.391 e. The summed E-state index contributed by atoms with van der Waals surface area (Å²) in [7, 11) is 0. The first-order chi connectivity index (χ1) is 8.97. The average Bonchev–Trinajstić information content (AvgIpc) is 2.71. The molecule has 0 aromatic heterocycles. The molecule has 1 fully saturated rings. The molecule has 2 atom stereocenters. The summed E-state index contributed by atoms with van der Waals surface area (Å²) in [4.78, 5) is 26.3. The number of carbonyl (C=O) groups is 2. The van der Waals surface area contributed by atoms with Gasteiger partial charge in [0, 0.05) is 24.9 Å². The second-order valence-corrected chi connectivity index (χ2v) is 5.60. The van der Waals surface area contributed by atoms with Crippen molar-refractivity contribution in [2.75, 3.05) is 6.54 Å². The SMILES string of the molecule is Cc1cc2c(cc1C)C(=O)N1C[C@H](O)C[C@H]1C(=O)C2. The van der Waals surface area contributed by atoms with Crippen LogP contribution in [0.15, 0.2) is 12.1 Å². The number of benzene rings is 1. The number of rotatable bonds is 0. The molecule has 1 saturated heterocycles. The smallest absolute Gasteiger partial charge is 0.254 e. The van der Waals surface area contributed by atoms with Gasteiger partial charge in [0.15, 0.2) is 5.78 Å². The molecule has 19 heavy (non-hydrogen) atoms. The lowest BCUT2D eigenvalue weighted by Gasteiger charge is -2.20. The van der Waals surface area contributed by atoms with Crippen molar-refractivity contribution >= 4 is 11.7 Å². The molecule has 2 heterocycles. The Bertz CT molecular complexity index is 579. The number of nitrogens with zero attached hydrogens (tertiary/aromatic N) is 1. The van der Waals surface area contributed by atoms with Crippen molar-refractivity contribution in [1.29, 1.82) is 0 Å². The lowest BCUT2D eigenvalue weighted by molar-refractivity contribution is -0.121. The first-order valence-corrected chi connectivity index (χ1v) is 6.59. The fourth-order valence-electron chi connectivity index (χ4n) is 3.03. The van der Waals surface area contributed by atoms with Crippen LogP contribution in [0.1, 0.15) is 33.5 Å². The maximum absolute atomic E-state index is 12.5. The maximum atomic E-state index is 12.5. The molecule has 2 aliphatic heterocycles. The van der Waals surface area contributed by atoms with Crippen molar-refractivity contribution in [3.05, 3.63) is 34.4 Å². The van der Waals surface area contributed by atoms with E-state index in [1.165, 1.54) is 4.90 Å². The van der Waals surface area contributed by atoms with Gasteiger partial charge in [-0.3, -0.25) is 9.59 Å². The van der Waals surface area contributed by atoms with Crippen molar-refractivity contribution in [2.45, 2.75) is 38.8 Å². The second kappa shape index (κ2) is 4.17. The number of amides is 1. The molecule has 1 aromatic rings. The number of carbonyl (C=O) groups excluding carboxylic acids is 2. The van der Waals surface area contributed by atoms with Gasteiger partial charge >= 0.3 is 0 Å². The van der Waals surface area contributed by atoms with Crippen LogP contribution in [0.2, 0.25) is 0 Å². The van der Waals surface area contributed by atoms with E-state index in [1.54, 1.807) is 0 Å². The van der Waals surface area contributed by atoms with Crippen LogP contribution in [-0.2, 0) is 11.2 Å². The van der Waals surface area contributed by atoms with Gasteiger partial charge in [0.2, 0.25) is 0 Å². The zero-order valence-corrected chi connectivity index (χ0v) is 11.1. The first kappa shape index (κ1) is 12.4. The third-order valence-corrected chi connectivity index (χ3v) is 4.23. The summed E-state index contributed by atoms with van der Waals surface area (Å²) in [5.74, 6) is -0.0857. The molecule has 1 amide bonds. The molecule has 0 saturated carbocycles. The standard InChI is InChI=1S/C15H17NO3/c1-8-3-10-5-14(18)13-6-11(17)7-16(13)15(19)12(10)4-9(8)2/h3-4,11,13,17H,5-7H2,1-2H3/t11-,13+/m1/s1. The summed E-state index contributed by atoms with van der Waals surface area (Å²) >= 11 is 0. The number of aliphatic hydroxyl groups excluding tert-OH is 1. The molecule has 0 aliphatic carbocycles. The van der Waals surface area contributed by atoms with Crippen molar-refractivity contribution in [3.8, 4) is 0 Å². The zero-order chi connectivity index (χ0) is 13.7. The predicted octanol–water partition coefficient (Wildman–Crippen LogP) is 1.00. The normalized spacial score (nSPS) is 26.2. The van der Waals surface area contributed by atoms with Crippen LogP contribution in [0.5, 0.6) is 0 Å². The lowest BCUT2D eigenvalue weighted by atomic mass is 9.96. The minimum atomic E-state index is -0.578. The highest BCUT2D eigenvalue weighted by atomic mass is 16.3. The van der Waals surface area contributed by atoms with E-state index >= 15 is 0 Å². The molecule has 0 spiro atoms.